The molecule has 2 atom stereocenters. The number of anilines is 1. The van der Waals surface area contributed by atoms with Crippen LogP contribution in [0.15, 0.2) is 41.3 Å². The number of hydrogen-bond donors (Lipinski definition) is 2. The molecule has 2 N–H and O–H groups in total. The summed E-state index contributed by atoms with van der Waals surface area (Å²) in [5.41, 5.74) is 0.992. The molecule has 1 saturated carbocycles. The van der Waals surface area contributed by atoms with Gasteiger partial charge in [0.25, 0.3) is 0 Å². The molecule has 0 spiro atoms. The maximum Gasteiger partial charge on any atom is 0.226 e. The van der Waals surface area contributed by atoms with Gasteiger partial charge >= 0.3 is 0 Å². The zero-order chi connectivity index (χ0) is 24.0. The molecule has 184 valence electrons. The van der Waals surface area contributed by atoms with E-state index in [4.69, 9.17) is 4.98 Å². The second-order valence-electron chi connectivity index (χ2n) is 9.11. The molecule has 0 bridgehead atoms. The van der Waals surface area contributed by atoms with E-state index in [0.29, 0.717) is 44.6 Å². The minimum atomic E-state index is -0.426. The van der Waals surface area contributed by atoms with E-state index in [1.54, 1.807) is 30.2 Å². The maximum atomic E-state index is 14.7. The van der Waals surface area contributed by atoms with Gasteiger partial charge in [0, 0.05) is 36.9 Å². The average molecular weight is 563 g/mol. The highest BCUT2D eigenvalue weighted by molar-refractivity contribution is 9.10. The molecule has 0 unspecified atom stereocenters. The summed E-state index contributed by atoms with van der Waals surface area (Å²) in [5, 5.41) is 12.2. The maximum absolute atomic E-state index is 14.7. The number of hydrogen-bond acceptors (Lipinski definition) is 6. The smallest absolute Gasteiger partial charge is 0.226 e. The van der Waals surface area contributed by atoms with Crippen LogP contribution in [-0.2, 0) is 4.79 Å². The van der Waals surface area contributed by atoms with Crippen molar-refractivity contribution in [3.05, 3.63) is 47.1 Å². The molecule has 0 radical (unpaired) electrons. The summed E-state index contributed by atoms with van der Waals surface area (Å²) in [7, 11) is 1.69. The number of carbonyl (C=O) groups is 1. The van der Waals surface area contributed by atoms with Crippen molar-refractivity contribution >= 4 is 62.1 Å². The third-order valence-electron chi connectivity index (χ3n) is 6.93. The van der Waals surface area contributed by atoms with Crippen molar-refractivity contribution in [1.29, 1.82) is 0 Å². The fraction of sp³-hybridized carbons (Fsp3) is 0.375. The van der Waals surface area contributed by atoms with Crippen LogP contribution in [0, 0.1) is 17.2 Å². The lowest BCUT2D eigenvalue weighted by Crippen LogP contribution is -2.42. The van der Waals surface area contributed by atoms with Crippen molar-refractivity contribution in [2.45, 2.75) is 39.2 Å². The number of fused-ring (bicyclic) bond motifs is 2. The molecule has 3 heterocycles. The van der Waals surface area contributed by atoms with E-state index in [-0.39, 0.29) is 30.3 Å². The predicted molar refractivity (Wildman–Crippen MR) is 139 cm³/mol. The molecule has 1 aliphatic rings. The monoisotopic (exact) mass is 561 g/mol. The Kier molecular flexibility index (Phi) is 6.97. The van der Waals surface area contributed by atoms with Gasteiger partial charge in [-0.1, -0.05) is 19.9 Å². The number of halogens is 3. The first-order valence-corrected chi connectivity index (χ1v) is 12.1. The van der Waals surface area contributed by atoms with Gasteiger partial charge in [0.05, 0.1) is 16.5 Å². The highest BCUT2D eigenvalue weighted by Crippen LogP contribution is 2.45. The Morgan fingerprint density at radius 1 is 1.31 bits per heavy atom. The van der Waals surface area contributed by atoms with E-state index in [1.165, 1.54) is 6.07 Å². The zero-order valence-corrected chi connectivity index (χ0v) is 22.0. The predicted octanol–water partition coefficient (Wildman–Crippen LogP) is 5.04. The van der Waals surface area contributed by atoms with Crippen LogP contribution in [0.4, 0.5) is 10.3 Å². The molecular formula is C24H26BrClFN7O. The van der Waals surface area contributed by atoms with E-state index in [2.05, 4.69) is 55.5 Å². The largest absolute Gasteiger partial charge is 0.359 e. The Morgan fingerprint density at radius 3 is 2.86 bits per heavy atom. The fourth-order valence-electron chi connectivity index (χ4n) is 5.00. The minimum absolute atomic E-state index is 0. The van der Waals surface area contributed by atoms with E-state index in [9.17, 15) is 9.18 Å². The third kappa shape index (κ3) is 4.33. The van der Waals surface area contributed by atoms with Crippen LogP contribution in [-0.4, -0.2) is 43.7 Å². The van der Waals surface area contributed by atoms with Gasteiger partial charge in [-0.05, 0) is 53.2 Å². The summed E-state index contributed by atoms with van der Waals surface area (Å²) < 4.78 is 16.9. The molecule has 0 aliphatic heterocycles. The fourth-order valence-corrected chi connectivity index (χ4v) is 5.44. The Labute approximate surface area is 216 Å². The van der Waals surface area contributed by atoms with Gasteiger partial charge < -0.3 is 10.6 Å². The Hall–Kier alpha value is -2.85. The van der Waals surface area contributed by atoms with Gasteiger partial charge in [0.15, 0.2) is 11.5 Å². The van der Waals surface area contributed by atoms with E-state index in [0.717, 1.165) is 12.8 Å². The summed E-state index contributed by atoms with van der Waals surface area (Å²) in [5.74, 6) is 0.325. The Bertz CT molecular complexity index is 1410. The SMILES string of the molecule is CNC(=O)[C@]1(C(C)C)CC[C@@H](Nc2ncc3c(Br)nn(-c4cc(F)c5ncccc5c4)c3n2)C1.Cl. The molecule has 5 rings (SSSR count). The van der Waals surface area contributed by atoms with Crippen LogP contribution in [0.2, 0.25) is 0 Å². The standard InChI is InChI=1S/C24H25BrFN7O.ClH/c1-13(2)24(22(34)27-3)7-6-15(11-24)30-23-29-12-17-20(25)32-33(21(17)31-23)16-9-14-5-4-8-28-19(14)18(26)10-16;/h4-5,8-10,12-13,15H,6-7,11H2,1-3H3,(H,27,34)(H,29,30,31);1H/t15-,24-;/m1./s1. The van der Waals surface area contributed by atoms with Gasteiger partial charge in [0.1, 0.15) is 10.1 Å². The van der Waals surface area contributed by atoms with Crippen LogP contribution >= 0.6 is 28.3 Å². The first kappa shape index (κ1) is 25.2. The normalized spacial score (nSPS) is 19.8. The van der Waals surface area contributed by atoms with Gasteiger partial charge in [-0.15, -0.1) is 12.4 Å². The summed E-state index contributed by atoms with van der Waals surface area (Å²) >= 11 is 3.47. The molecule has 1 amide bonds. The summed E-state index contributed by atoms with van der Waals surface area (Å²) in [6, 6.07) is 6.88. The van der Waals surface area contributed by atoms with E-state index in [1.807, 2.05) is 12.1 Å². The molecule has 8 nitrogen and oxygen atoms in total. The number of nitrogens with one attached hydrogen (secondary N) is 2. The molecule has 1 aliphatic carbocycles. The van der Waals surface area contributed by atoms with Crippen LogP contribution in [0.1, 0.15) is 33.1 Å². The lowest BCUT2D eigenvalue weighted by atomic mass is 9.74. The second-order valence-corrected chi connectivity index (χ2v) is 9.86. The van der Waals surface area contributed by atoms with Crippen molar-refractivity contribution < 1.29 is 9.18 Å². The number of pyridine rings is 1. The highest BCUT2D eigenvalue weighted by atomic mass is 79.9. The molecule has 4 aromatic rings. The highest BCUT2D eigenvalue weighted by Gasteiger charge is 2.47. The van der Waals surface area contributed by atoms with Crippen LogP contribution in [0.25, 0.3) is 27.6 Å². The first-order chi connectivity index (χ1) is 16.3. The number of nitrogens with zero attached hydrogens (tertiary/aromatic N) is 5. The molecule has 1 aromatic carbocycles. The number of rotatable bonds is 5. The lowest BCUT2D eigenvalue weighted by Gasteiger charge is -2.31. The molecule has 0 saturated heterocycles. The second kappa shape index (κ2) is 9.66. The van der Waals surface area contributed by atoms with Crippen LogP contribution in [0.5, 0.6) is 0 Å². The minimum Gasteiger partial charge on any atom is -0.359 e. The average Bonchev–Trinajstić information content (AvgIpc) is 3.40. The first-order valence-electron chi connectivity index (χ1n) is 11.3. The molecular weight excluding hydrogens is 537 g/mol. The lowest BCUT2D eigenvalue weighted by molar-refractivity contribution is -0.132. The topological polar surface area (TPSA) is 97.6 Å². The third-order valence-corrected chi connectivity index (χ3v) is 7.52. The molecule has 3 aromatic heterocycles. The summed E-state index contributed by atoms with van der Waals surface area (Å²) in [4.78, 5) is 26.0. The van der Waals surface area contributed by atoms with Gasteiger partial charge in [-0.2, -0.15) is 10.1 Å². The van der Waals surface area contributed by atoms with Crippen molar-refractivity contribution in [3.63, 3.8) is 0 Å². The number of amides is 1. The van der Waals surface area contributed by atoms with Crippen molar-refractivity contribution in [2.24, 2.45) is 11.3 Å². The summed E-state index contributed by atoms with van der Waals surface area (Å²) in [6.45, 7) is 4.18. The van der Waals surface area contributed by atoms with Crippen molar-refractivity contribution in [3.8, 4) is 5.69 Å². The quantitative estimate of drug-likeness (QED) is 0.354. The zero-order valence-electron chi connectivity index (χ0n) is 19.5. The Morgan fingerprint density at radius 2 is 2.11 bits per heavy atom. The number of aromatic nitrogens is 5. The van der Waals surface area contributed by atoms with E-state index < -0.39 is 11.2 Å². The van der Waals surface area contributed by atoms with Crippen LogP contribution < -0.4 is 10.6 Å². The van der Waals surface area contributed by atoms with Gasteiger partial charge in [0.2, 0.25) is 11.9 Å². The summed E-state index contributed by atoms with van der Waals surface area (Å²) in [6.07, 6.45) is 5.62. The van der Waals surface area contributed by atoms with E-state index >= 15 is 0 Å². The van der Waals surface area contributed by atoms with Gasteiger partial charge in [-0.25, -0.2) is 14.1 Å². The molecule has 11 heteroatoms. The number of carbonyl (C=O) groups excluding carboxylic acids is 1. The van der Waals surface area contributed by atoms with Crippen molar-refractivity contribution in [1.82, 2.24) is 30.0 Å². The van der Waals surface area contributed by atoms with Gasteiger partial charge in [-0.3, -0.25) is 9.78 Å². The molecule has 35 heavy (non-hydrogen) atoms. The number of benzene rings is 1. The molecule has 1 fully saturated rings. The Balaban J connectivity index is 0.00000289. The van der Waals surface area contributed by atoms with Crippen LogP contribution in [0.3, 0.4) is 0 Å². The van der Waals surface area contributed by atoms with Crippen molar-refractivity contribution in [2.75, 3.05) is 12.4 Å².